The molecule has 1 aromatic rings. The van der Waals surface area contributed by atoms with E-state index in [-0.39, 0.29) is 5.92 Å². The molecular formula is C19H31NO4. The number of aliphatic carboxylic acids is 1. The molecule has 136 valence electrons. The molecule has 0 aliphatic carbocycles. The van der Waals surface area contributed by atoms with Crippen molar-refractivity contribution < 1.29 is 19.7 Å². The first-order chi connectivity index (χ1) is 11.3. The van der Waals surface area contributed by atoms with E-state index in [2.05, 4.69) is 19.2 Å². The zero-order valence-corrected chi connectivity index (χ0v) is 15.2. The van der Waals surface area contributed by atoms with Crippen LogP contribution in [0.25, 0.3) is 0 Å². The summed E-state index contributed by atoms with van der Waals surface area (Å²) in [6.07, 6.45) is 0.851. The van der Waals surface area contributed by atoms with Crippen LogP contribution in [-0.2, 0) is 4.79 Å². The number of carboxylic acid groups (broad SMARTS) is 1. The van der Waals surface area contributed by atoms with Gasteiger partial charge in [0.05, 0.1) is 12.7 Å². The molecule has 0 spiro atoms. The SMILES string of the molecule is CC(C)CCOc1ccc([C@@H](O)CCN[C@H](C(=O)O)C(C)C)cc1. The summed E-state index contributed by atoms with van der Waals surface area (Å²) < 4.78 is 5.66. The van der Waals surface area contributed by atoms with Gasteiger partial charge in [-0.25, -0.2) is 0 Å². The topological polar surface area (TPSA) is 78.8 Å². The second-order valence-electron chi connectivity index (χ2n) is 6.92. The van der Waals surface area contributed by atoms with Crippen LogP contribution in [0.1, 0.15) is 52.2 Å². The van der Waals surface area contributed by atoms with E-state index >= 15 is 0 Å². The molecule has 0 saturated carbocycles. The molecule has 24 heavy (non-hydrogen) atoms. The van der Waals surface area contributed by atoms with Crippen molar-refractivity contribution in [3.63, 3.8) is 0 Å². The monoisotopic (exact) mass is 337 g/mol. The van der Waals surface area contributed by atoms with E-state index < -0.39 is 18.1 Å². The number of rotatable bonds is 11. The summed E-state index contributed by atoms with van der Waals surface area (Å²) in [6.45, 7) is 9.18. The molecule has 0 bridgehead atoms. The van der Waals surface area contributed by atoms with Gasteiger partial charge in [0, 0.05) is 0 Å². The minimum absolute atomic E-state index is 0.00177. The van der Waals surface area contributed by atoms with Crippen molar-refractivity contribution in [3.8, 4) is 5.75 Å². The molecule has 2 atom stereocenters. The molecule has 0 amide bonds. The second kappa shape index (κ2) is 10.3. The van der Waals surface area contributed by atoms with Gasteiger partial charge < -0.3 is 20.3 Å². The minimum Gasteiger partial charge on any atom is -0.494 e. The Balaban J connectivity index is 2.42. The van der Waals surface area contributed by atoms with Crippen LogP contribution in [0.2, 0.25) is 0 Å². The number of nitrogens with one attached hydrogen (secondary N) is 1. The molecule has 0 aliphatic heterocycles. The second-order valence-corrected chi connectivity index (χ2v) is 6.92. The van der Waals surface area contributed by atoms with E-state index in [1.807, 2.05) is 38.1 Å². The number of carbonyl (C=O) groups is 1. The summed E-state index contributed by atoms with van der Waals surface area (Å²) in [5.41, 5.74) is 0.810. The van der Waals surface area contributed by atoms with Gasteiger partial charge in [0.1, 0.15) is 11.8 Å². The largest absolute Gasteiger partial charge is 0.494 e. The molecule has 0 radical (unpaired) electrons. The van der Waals surface area contributed by atoms with E-state index in [0.29, 0.717) is 25.5 Å². The Kier molecular flexibility index (Phi) is 8.79. The predicted octanol–water partition coefficient (Wildman–Crippen LogP) is 3.23. The zero-order valence-electron chi connectivity index (χ0n) is 15.2. The number of ether oxygens (including phenoxy) is 1. The summed E-state index contributed by atoms with van der Waals surface area (Å²) in [6, 6.07) is 6.84. The van der Waals surface area contributed by atoms with Gasteiger partial charge in [0.2, 0.25) is 0 Å². The first kappa shape index (κ1) is 20.5. The molecule has 1 rings (SSSR count). The van der Waals surface area contributed by atoms with Gasteiger partial charge in [-0.05, 0) is 48.9 Å². The maximum Gasteiger partial charge on any atom is 0.320 e. The molecule has 0 fully saturated rings. The number of hydrogen-bond acceptors (Lipinski definition) is 4. The fraction of sp³-hybridized carbons (Fsp3) is 0.632. The third kappa shape index (κ3) is 7.32. The lowest BCUT2D eigenvalue weighted by molar-refractivity contribution is -0.140. The highest BCUT2D eigenvalue weighted by Crippen LogP contribution is 2.20. The number of aliphatic hydroxyl groups is 1. The third-order valence-electron chi connectivity index (χ3n) is 3.94. The molecule has 5 heteroatoms. The van der Waals surface area contributed by atoms with Crippen LogP contribution in [0, 0.1) is 11.8 Å². The summed E-state index contributed by atoms with van der Waals surface area (Å²) in [7, 11) is 0. The highest BCUT2D eigenvalue weighted by atomic mass is 16.5. The van der Waals surface area contributed by atoms with Crippen molar-refractivity contribution in [1.29, 1.82) is 0 Å². The number of carboxylic acids is 1. The molecule has 0 saturated heterocycles. The van der Waals surface area contributed by atoms with Gasteiger partial charge in [0.15, 0.2) is 0 Å². The van der Waals surface area contributed by atoms with Crippen LogP contribution in [0.4, 0.5) is 0 Å². The average molecular weight is 337 g/mol. The normalized spacial score (nSPS) is 14.0. The van der Waals surface area contributed by atoms with Gasteiger partial charge in [0.25, 0.3) is 0 Å². The lowest BCUT2D eigenvalue weighted by atomic mass is 10.0. The summed E-state index contributed by atoms with van der Waals surface area (Å²) >= 11 is 0. The number of benzene rings is 1. The van der Waals surface area contributed by atoms with Crippen molar-refractivity contribution >= 4 is 5.97 Å². The Labute approximate surface area is 145 Å². The molecule has 1 aromatic carbocycles. The third-order valence-corrected chi connectivity index (χ3v) is 3.94. The van der Waals surface area contributed by atoms with E-state index in [0.717, 1.165) is 17.7 Å². The van der Waals surface area contributed by atoms with Crippen LogP contribution in [-0.4, -0.2) is 35.4 Å². The van der Waals surface area contributed by atoms with Crippen molar-refractivity contribution in [1.82, 2.24) is 5.32 Å². The van der Waals surface area contributed by atoms with Crippen molar-refractivity contribution in [3.05, 3.63) is 29.8 Å². The summed E-state index contributed by atoms with van der Waals surface area (Å²) in [5, 5.41) is 22.3. The van der Waals surface area contributed by atoms with E-state index in [4.69, 9.17) is 9.84 Å². The molecule has 3 N–H and O–H groups in total. The lowest BCUT2D eigenvalue weighted by Crippen LogP contribution is -2.41. The van der Waals surface area contributed by atoms with E-state index in [1.165, 1.54) is 0 Å². The maximum absolute atomic E-state index is 11.1. The standard InChI is InChI=1S/C19H31NO4/c1-13(2)10-12-24-16-7-5-15(6-8-16)17(21)9-11-20-18(14(3)4)19(22)23/h5-8,13-14,17-18,20-21H,9-12H2,1-4H3,(H,22,23)/t17-,18-/m0/s1. The van der Waals surface area contributed by atoms with Crippen LogP contribution in [0.3, 0.4) is 0 Å². The van der Waals surface area contributed by atoms with Crippen LogP contribution in [0.5, 0.6) is 5.75 Å². The predicted molar refractivity (Wildman–Crippen MR) is 95.2 cm³/mol. The highest BCUT2D eigenvalue weighted by Gasteiger charge is 2.20. The quantitative estimate of drug-likeness (QED) is 0.578. The highest BCUT2D eigenvalue weighted by molar-refractivity contribution is 5.73. The minimum atomic E-state index is -0.859. The van der Waals surface area contributed by atoms with Crippen molar-refractivity contribution in [2.24, 2.45) is 11.8 Å². The number of hydrogen-bond donors (Lipinski definition) is 3. The summed E-state index contributed by atoms with van der Waals surface area (Å²) in [4.78, 5) is 11.1. The molecule has 0 heterocycles. The van der Waals surface area contributed by atoms with Gasteiger partial charge in [-0.1, -0.05) is 39.8 Å². The van der Waals surface area contributed by atoms with Crippen molar-refractivity contribution in [2.45, 2.75) is 52.7 Å². The molecule has 5 nitrogen and oxygen atoms in total. The van der Waals surface area contributed by atoms with Crippen LogP contribution in [0.15, 0.2) is 24.3 Å². The van der Waals surface area contributed by atoms with Crippen molar-refractivity contribution in [2.75, 3.05) is 13.2 Å². The van der Waals surface area contributed by atoms with Gasteiger partial charge in [-0.2, -0.15) is 0 Å². The Morgan fingerprint density at radius 1 is 1.12 bits per heavy atom. The molecule has 0 aromatic heterocycles. The van der Waals surface area contributed by atoms with Gasteiger partial charge in [-0.15, -0.1) is 0 Å². The molecule has 0 aliphatic rings. The zero-order chi connectivity index (χ0) is 18.1. The van der Waals surface area contributed by atoms with E-state index in [9.17, 15) is 9.90 Å². The smallest absolute Gasteiger partial charge is 0.320 e. The fourth-order valence-electron chi connectivity index (χ4n) is 2.35. The van der Waals surface area contributed by atoms with Gasteiger partial charge in [-0.3, -0.25) is 4.79 Å². The summed E-state index contributed by atoms with van der Waals surface area (Å²) in [5.74, 6) is 0.554. The lowest BCUT2D eigenvalue weighted by Gasteiger charge is -2.19. The van der Waals surface area contributed by atoms with Gasteiger partial charge >= 0.3 is 5.97 Å². The fourth-order valence-corrected chi connectivity index (χ4v) is 2.35. The molecular weight excluding hydrogens is 306 g/mol. The average Bonchev–Trinajstić information content (AvgIpc) is 2.50. The Hall–Kier alpha value is -1.59. The Morgan fingerprint density at radius 3 is 2.25 bits per heavy atom. The molecule has 0 unspecified atom stereocenters. The van der Waals surface area contributed by atoms with E-state index in [1.54, 1.807) is 0 Å². The first-order valence-electron chi connectivity index (χ1n) is 8.68. The number of aliphatic hydroxyl groups excluding tert-OH is 1. The maximum atomic E-state index is 11.1. The first-order valence-corrected chi connectivity index (χ1v) is 8.68. The van der Waals surface area contributed by atoms with Crippen LogP contribution < -0.4 is 10.1 Å². The Bertz CT molecular complexity index is 485. The Morgan fingerprint density at radius 2 is 1.75 bits per heavy atom. The van der Waals surface area contributed by atoms with Crippen LogP contribution >= 0.6 is 0 Å².